The van der Waals surface area contributed by atoms with Gasteiger partial charge in [-0.1, -0.05) is 0 Å². The van der Waals surface area contributed by atoms with E-state index in [2.05, 4.69) is 27.3 Å². The average molecular weight is 231 g/mol. The quantitative estimate of drug-likeness (QED) is 0.856. The smallest absolute Gasteiger partial charge is 0.0724 e. The molecule has 17 heavy (non-hydrogen) atoms. The van der Waals surface area contributed by atoms with Crippen LogP contribution in [0.15, 0.2) is 18.6 Å². The van der Waals surface area contributed by atoms with Gasteiger partial charge in [0.25, 0.3) is 0 Å². The highest BCUT2D eigenvalue weighted by atomic mass is 15.3. The molecule has 0 saturated carbocycles. The monoisotopic (exact) mass is 231 g/mol. The Hall–Kier alpha value is -1.75. The average Bonchev–Trinajstić information content (AvgIpc) is 2.57. The van der Waals surface area contributed by atoms with E-state index >= 15 is 0 Å². The molecule has 0 atom stereocenters. The van der Waals surface area contributed by atoms with E-state index in [4.69, 9.17) is 0 Å². The van der Waals surface area contributed by atoms with Crippen LogP contribution >= 0.6 is 0 Å². The standard InChI is InChI=1S/C12H17N5/c1-9-12(10(2)17(3)16-9)8-14-7-11-6-13-4-5-15-11/h4-6,14H,7-8H2,1-3H3. The molecule has 0 fully saturated rings. The summed E-state index contributed by atoms with van der Waals surface area (Å²) in [6, 6.07) is 0. The molecule has 0 saturated heterocycles. The second-order valence-electron chi connectivity index (χ2n) is 4.07. The number of nitrogens with zero attached hydrogens (tertiary/aromatic N) is 4. The lowest BCUT2D eigenvalue weighted by Crippen LogP contribution is -2.14. The molecular formula is C12H17N5. The Balaban J connectivity index is 1.95. The van der Waals surface area contributed by atoms with Crippen molar-refractivity contribution in [3.8, 4) is 0 Å². The largest absolute Gasteiger partial charge is 0.307 e. The maximum absolute atomic E-state index is 4.38. The van der Waals surface area contributed by atoms with Crippen LogP contribution in [-0.2, 0) is 20.1 Å². The van der Waals surface area contributed by atoms with Crippen molar-refractivity contribution in [2.45, 2.75) is 26.9 Å². The van der Waals surface area contributed by atoms with Gasteiger partial charge in [0.05, 0.1) is 11.4 Å². The molecule has 0 bridgehead atoms. The molecule has 2 rings (SSSR count). The Morgan fingerprint density at radius 2 is 2.06 bits per heavy atom. The van der Waals surface area contributed by atoms with Crippen LogP contribution < -0.4 is 5.32 Å². The minimum absolute atomic E-state index is 0.724. The summed E-state index contributed by atoms with van der Waals surface area (Å²) in [7, 11) is 1.97. The van der Waals surface area contributed by atoms with Crippen LogP contribution in [0.3, 0.4) is 0 Å². The fourth-order valence-electron chi connectivity index (χ4n) is 1.81. The molecule has 5 nitrogen and oxygen atoms in total. The zero-order valence-corrected chi connectivity index (χ0v) is 10.4. The van der Waals surface area contributed by atoms with Gasteiger partial charge in [-0.25, -0.2) is 0 Å². The molecule has 0 amide bonds. The Morgan fingerprint density at radius 1 is 1.24 bits per heavy atom. The molecule has 0 aliphatic carbocycles. The number of nitrogens with one attached hydrogen (secondary N) is 1. The molecule has 0 aliphatic heterocycles. The molecule has 0 unspecified atom stereocenters. The molecule has 0 aromatic carbocycles. The highest BCUT2D eigenvalue weighted by molar-refractivity contribution is 5.24. The van der Waals surface area contributed by atoms with Crippen molar-refractivity contribution < 1.29 is 0 Å². The van der Waals surface area contributed by atoms with Crippen molar-refractivity contribution in [3.63, 3.8) is 0 Å². The highest BCUT2D eigenvalue weighted by Crippen LogP contribution is 2.11. The fraction of sp³-hybridized carbons (Fsp3) is 0.417. The first-order valence-electron chi connectivity index (χ1n) is 5.63. The van der Waals surface area contributed by atoms with Gasteiger partial charge in [-0.05, 0) is 13.8 Å². The van der Waals surface area contributed by atoms with Crippen LogP contribution in [0.2, 0.25) is 0 Å². The minimum Gasteiger partial charge on any atom is -0.307 e. The second kappa shape index (κ2) is 5.05. The molecule has 90 valence electrons. The van der Waals surface area contributed by atoms with Gasteiger partial charge in [0.15, 0.2) is 0 Å². The van der Waals surface area contributed by atoms with Gasteiger partial charge in [-0.2, -0.15) is 5.10 Å². The second-order valence-corrected chi connectivity index (χ2v) is 4.07. The highest BCUT2D eigenvalue weighted by Gasteiger charge is 2.08. The van der Waals surface area contributed by atoms with Gasteiger partial charge in [0.1, 0.15) is 0 Å². The Morgan fingerprint density at radius 3 is 2.65 bits per heavy atom. The molecule has 0 aliphatic rings. The van der Waals surface area contributed by atoms with E-state index in [-0.39, 0.29) is 0 Å². The van der Waals surface area contributed by atoms with E-state index in [0.717, 1.165) is 24.5 Å². The third-order valence-electron chi connectivity index (χ3n) is 2.88. The summed E-state index contributed by atoms with van der Waals surface area (Å²) in [6.07, 6.45) is 5.16. The van der Waals surface area contributed by atoms with E-state index in [0.29, 0.717) is 0 Å². The first-order chi connectivity index (χ1) is 8.18. The van der Waals surface area contributed by atoms with Gasteiger partial charge in [0, 0.05) is 50.0 Å². The molecule has 5 heteroatoms. The number of hydrogen-bond donors (Lipinski definition) is 1. The van der Waals surface area contributed by atoms with Crippen LogP contribution in [0, 0.1) is 13.8 Å². The van der Waals surface area contributed by atoms with Crippen molar-refractivity contribution in [1.29, 1.82) is 0 Å². The molecule has 0 spiro atoms. The van der Waals surface area contributed by atoms with Gasteiger partial charge in [-0.3, -0.25) is 14.6 Å². The topological polar surface area (TPSA) is 55.6 Å². The molecule has 2 aromatic rings. The van der Waals surface area contributed by atoms with Crippen LogP contribution in [0.1, 0.15) is 22.6 Å². The van der Waals surface area contributed by atoms with Crippen molar-refractivity contribution in [3.05, 3.63) is 41.2 Å². The van der Waals surface area contributed by atoms with Crippen molar-refractivity contribution in [1.82, 2.24) is 25.1 Å². The van der Waals surface area contributed by atoms with Crippen molar-refractivity contribution in [2.24, 2.45) is 7.05 Å². The summed E-state index contributed by atoms with van der Waals surface area (Å²) < 4.78 is 1.91. The Kier molecular flexibility index (Phi) is 3.49. The SMILES string of the molecule is Cc1nn(C)c(C)c1CNCc1cnccn1. The van der Waals surface area contributed by atoms with Gasteiger partial charge >= 0.3 is 0 Å². The number of hydrogen-bond acceptors (Lipinski definition) is 4. The van der Waals surface area contributed by atoms with Crippen LogP contribution in [0.4, 0.5) is 0 Å². The lowest BCUT2D eigenvalue weighted by atomic mass is 10.2. The maximum Gasteiger partial charge on any atom is 0.0724 e. The van der Waals surface area contributed by atoms with E-state index in [1.165, 1.54) is 11.3 Å². The minimum atomic E-state index is 0.724. The molecule has 2 aromatic heterocycles. The van der Waals surface area contributed by atoms with E-state index < -0.39 is 0 Å². The molecule has 0 radical (unpaired) electrons. The predicted octanol–water partition coefficient (Wildman–Crippen LogP) is 1.12. The van der Waals surface area contributed by atoms with Crippen LogP contribution in [0.25, 0.3) is 0 Å². The Bertz CT molecular complexity index is 489. The number of aromatic nitrogens is 4. The van der Waals surface area contributed by atoms with E-state index in [9.17, 15) is 0 Å². The van der Waals surface area contributed by atoms with Crippen molar-refractivity contribution >= 4 is 0 Å². The van der Waals surface area contributed by atoms with Crippen LogP contribution in [0.5, 0.6) is 0 Å². The fourth-order valence-corrected chi connectivity index (χ4v) is 1.81. The van der Waals surface area contributed by atoms with Gasteiger partial charge < -0.3 is 5.32 Å². The third kappa shape index (κ3) is 2.68. The first kappa shape index (κ1) is 11.7. The summed E-state index contributed by atoms with van der Waals surface area (Å²) in [6.45, 7) is 5.65. The number of rotatable bonds is 4. The summed E-state index contributed by atoms with van der Waals surface area (Å²) in [5, 5.41) is 7.74. The lowest BCUT2D eigenvalue weighted by molar-refractivity contribution is 0.669. The van der Waals surface area contributed by atoms with Gasteiger partial charge in [-0.15, -0.1) is 0 Å². The summed E-state index contributed by atoms with van der Waals surface area (Å²) in [5.74, 6) is 0. The summed E-state index contributed by atoms with van der Waals surface area (Å²) in [5.41, 5.74) is 4.49. The van der Waals surface area contributed by atoms with Crippen molar-refractivity contribution in [2.75, 3.05) is 0 Å². The molecule has 1 N–H and O–H groups in total. The van der Waals surface area contributed by atoms with E-state index in [1.54, 1.807) is 18.6 Å². The molecular weight excluding hydrogens is 214 g/mol. The zero-order chi connectivity index (χ0) is 12.3. The first-order valence-corrected chi connectivity index (χ1v) is 5.63. The zero-order valence-electron chi connectivity index (χ0n) is 10.4. The lowest BCUT2D eigenvalue weighted by Gasteiger charge is -2.04. The van der Waals surface area contributed by atoms with Gasteiger partial charge in [0.2, 0.25) is 0 Å². The maximum atomic E-state index is 4.38. The normalized spacial score (nSPS) is 10.8. The third-order valence-corrected chi connectivity index (χ3v) is 2.88. The van der Waals surface area contributed by atoms with E-state index in [1.807, 2.05) is 18.7 Å². The summed E-state index contributed by atoms with van der Waals surface area (Å²) in [4.78, 5) is 8.24. The predicted molar refractivity (Wildman–Crippen MR) is 65.3 cm³/mol. The van der Waals surface area contributed by atoms with Crippen LogP contribution in [-0.4, -0.2) is 19.7 Å². The summed E-state index contributed by atoms with van der Waals surface area (Å²) >= 11 is 0. The number of aryl methyl sites for hydroxylation is 2. The molecule has 2 heterocycles. The Labute approximate surface area is 101 Å².